The van der Waals surface area contributed by atoms with Crippen molar-refractivity contribution >= 4 is 76.8 Å². The van der Waals surface area contributed by atoms with Gasteiger partial charge in [-0.1, -0.05) is 45.6 Å². The average molecular weight is 512 g/mol. The number of nitrogen functional groups attached to an aromatic ring is 1. The van der Waals surface area contributed by atoms with Crippen LogP contribution in [-0.2, 0) is 23.6 Å². The number of carbonyl (C=O) groups is 1. The first-order chi connectivity index (χ1) is 14.2. The fourth-order valence-corrected chi connectivity index (χ4v) is 45.0. The number of ether oxygens (including phenoxy) is 1. The van der Waals surface area contributed by atoms with Gasteiger partial charge >= 0.3 is 5.97 Å². The van der Waals surface area contributed by atoms with Gasteiger partial charge in [0.1, 0.15) is 22.8 Å². The molecule has 1 heterocycles. The highest BCUT2D eigenvalue weighted by molar-refractivity contribution is 9.48. The number of esters is 1. The quantitative estimate of drug-likeness (QED) is 0.148. The summed E-state index contributed by atoms with van der Waals surface area (Å²) in [6.07, 6.45) is 0. The van der Waals surface area contributed by atoms with Crippen LogP contribution >= 0.6 is 30.9 Å². The third-order valence-electron chi connectivity index (χ3n) is 4.20. The van der Waals surface area contributed by atoms with Gasteiger partial charge in [-0.2, -0.15) is 0 Å². The second kappa shape index (κ2) is 8.23. The molecule has 1 fully saturated rings. The molecule has 0 spiro atoms. The highest BCUT2D eigenvalue weighted by Gasteiger charge is 2.45. The monoisotopic (exact) mass is 511 g/mol. The van der Waals surface area contributed by atoms with Gasteiger partial charge in [0.15, 0.2) is 0 Å². The SMILES string of the molecule is Nc1ccc(O)c(C(=O)Oc2ccc(P3(=S)SP(=S)(c4ccc(O)cc4)S3)cc2)c1. The maximum Gasteiger partial charge on any atom is 0.347 e. The van der Waals surface area contributed by atoms with E-state index in [1.807, 2.05) is 24.3 Å². The number of phenols is 2. The normalized spacial score (nSPS) is 22.8. The van der Waals surface area contributed by atoms with Crippen LogP contribution in [0.4, 0.5) is 5.69 Å². The van der Waals surface area contributed by atoms with E-state index in [9.17, 15) is 15.0 Å². The maximum absolute atomic E-state index is 12.3. The lowest BCUT2D eigenvalue weighted by atomic mass is 10.2. The van der Waals surface area contributed by atoms with Crippen LogP contribution in [0.15, 0.2) is 66.7 Å². The van der Waals surface area contributed by atoms with Crippen LogP contribution in [0.25, 0.3) is 0 Å². The summed E-state index contributed by atoms with van der Waals surface area (Å²) in [6, 6.07) is 18.3. The molecule has 0 saturated carbocycles. The summed E-state index contributed by atoms with van der Waals surface area (Å²) in [6.45, 7) is 0. The molecule has 0 bridgehead atoms. The number of aromatic hydroxyl groups is 2. The number of phenolic OH excluding ortho intramolecular Hbond substituents is 2. The molecule has 0 unspecified atom stereocenters. The lowest BCUT2D eigenvalue weighted by Crippen LogP contribution is -2.11. The molecule has 5 nitrogen and oxygen atoms in total. The Labute approximate surface area is 191 Å². The van der Waals surface area contributed by atoms with Gasteiger partial charge in [0.05, 0.1) is 8.88 Å². The molecule has 0 aromatic heterocycles. The van der Waals surface area contributed by atoms with E-state index < -0.39 is 14.9 Å². The van der Waals surface area contributed by atoms with E-state index in [1.54, 1.807) is 46.3 Å². The van der Waals surface area contributed by atoms with Gasteiger partial charge in [-0.15, -0.1) is 0 Å². The number of carbonyl (C=O) groups excluding carboxylic acids is 1. The molecular weight excluding hydrogens is 496 g/mol. The van der Waals surface area contributed by atoms with Crippen molar-refractivity contribution in [2.75, 3.05) is 5.73 Å². The molecule has 4 N–H and O–H groups in total. The summed E-state index contributed by atoms with van der Waals surface area (Å²) in [7, 11) is 0. The van der Waals surface area contributed by atoms with Crippen LogP contribution in [0, 0.1) is 0 Å². The molecule has 3 aromatic rings. The summed E-state index contributed by atoms with van der Waals surface area (Å²) in [5, 5.41) is 21.4. The lowest BCUT2D eigenvalue weighted by molar-refractivity contribution is 0.0731. The van der Waals surface area contributed by atoms with E-state index in [1.165, 1.54) is 18.2 Å². The summed E-state index contributed by atoms with van der Waals surface area (Å²) < 4.78 is 1.57. The van der Waals surface area contributed by atoms with E-state index >= 15 is 0 Å². The zero-order chi connectivity index (χ0) is 21.5. The second-order valence-electron chi connectivity index (χ2n) is 6.33. The number of benzene rings is 3. The standard InChI is InChI=1S/C19H15NO4P2S4/c20-12-1-10-18(22)17(11-12)19(23)24-14-4-8-16(9-5-14)26(28)29-25(27,30-26)15-6-2-13(21)3-7-15/h1-11,21-22H,20H2. The minimum absolute atomic E-state index is 0.00556. The average Bonchev–Trinajstić information content (AvgIpc) is 2.69. The molecule has 1 aliphatic rings. The number of hydrogen-bond acceptors (Lipinski definition) is 9. The van der Waals surface area contributed by atoms with E-state index in [0.29, 0.717) is 11.4 Å². The van der Waals surface area contributed by atoms with E-state index in [4.69, 9.17) is 34.1 Å². The third-order valence-corrected chi connectivity index (χ3v) is 35.4. The van der Waals surface area contributed by atoms with E-state index in [0.717, 1.165) is 10.6 Å². The summed E-state index contributed by atoms with van der Waals surface area (Å²) in [4.78, 5) is 12.3. The Morgan fingerprint density at radius 1 is 0.867 bits per heavy atom. The molecule has 0 amide bonds. The molecule has 1 aliphatic heterocycles. The summed E-state index contributed by atoms with van der Waals surface area (Å²) in [5.74, 6) is -0.318. The molecule has 1 saturated heterocycles. The van der Waals surface area contributed by atoms with Gasteiger partial charge in [0.25, 0.3) is 0 Å². The summed E-state index contributed by atoms with van der Waals surface area (Å²) >= 11 is 15.1. The van der Waals surface area contributed by atoms with E-state index in [2.05, 4.69) is 0 Å². The number of nitrogens with two attached hydrogens (primary N) is 1. The molecule has 30 heavy (non-hydrogen) atoms. The number of hydrogen-bond donors (Lipinski definition) is 3. The van der Waals surface area contributed by atoms with Gasteiger partial charge in [0, 0.05) is 16.3 Å². The van der Waals surface area contributed by atoms with Crippen LogP contribution < -0.4 is 21.1 Å². The Kier molecular flexibility index (Phi) is 5.96. The Bertz CT molecular complexity index is 1220. The van der Waals surface area contributed by atoms with Crippen molar-refractivity contribution in [2.45, 2.75) is 0 Å². The van der Waals surface area contributed by atoms with Crippen LogP contribution in [0.5, 0.6) is 17.2 Å². The van der Waals surface area contributed by atoms with Crippen LogP contribution in [0.3, 0.4) is 0 Å². The minimum Gasteiger partial charge on any atom is -0.508 e. The first-order valence-corrected chi connectivity index (χ1v) is 18.2. The first-order valence-electron chi connectivity index (χ1n) is 8.52. The topological polar surface area (TPSA) is 92.8 Å². The highest BCUT2D eigenvalue weighted by atomic mass is 33.7. The zero-order valence-electron chi connectivity index (χ0n) is 15.2. The molecule has 154 valence electrons. The van der Waals surface area contributed by atoms with Gasteiger partial charge < -0.3 is 20.7 Å². The van der Waals surface area contributed by atoms with Gasteiger partial charge in [-0.05, 0) is 66.7 Å². The predicted molar refractivity (Wildman–Crippen MR) is 135 cm³/mol. The van der Waals surface area contributed by atoms with Gasteiger partial charge in [-0.25, -0.2) is 4.79 Å². The molecule has 11 heteroatoms. The Morgan fingerprint density at radius 2 is 1.40 bits per heavy atom. The lowest BCUT2D eigenvalue weighted by Gasteiger charge is -2.40. The predicted octanol–water partition coefficient (Wildman–Crippen LogP) is 4.95. The fourth-order valence-electron chi connectivity index (χ4n) is 2.69. The second-order valence-corrected chi connectivity index (χ2v) is 27.6. The zero-order valence-corrected chi connectivity index (χ0v) is 20.2. The molecule has 0 aliphatic carbocycles. The highest BCUT2D eigenvalue weighted by Crippen LogP contribution is 3.04. The van der Waals surface area contributed by atoms with Crippen LogP contribution in [0.1, 0.15) is 10.4 Å². The first kappa shape index (κ1) is 21.8. The number of anilines is 1. The summed E-state index contributed by atoms with van der Waals surface area (Å²) in [5.41, 5.74) is 6.03. The van der Waals surface area contributed by atoms with Crippen LogP contribution in [0.2, 0.25) is 0 Å². The molecule has 4 rings (SSSR count). The van der Waals surface area contributed by atoms with Crippen molar-refractivity contribution < 1.29 is 19.7 Å². The number of rotatable bonds is 4. The van der Waals surface area contributed by atoms with Crippen molar-refractivity contribution in [2.24, 2.45) is 0 Å². The molecular formula is C19H15NO4P2S4. The van der Waals surface area contributed by atoms with Crippen molar-refractivity contribution in [1.29, 1.82) is 0 Å². The third kappa shape index (κ3) is 4.28. The molecule has 3 aromatic carbocycles. The van der Waals surface area contributed by atoms with Crippen LogP contribution in [-0.4, -0.2) is 16.2 Å². The van der Waals surface area contributed by atoms with Crippen molar-refractivity contribution in [3.05, 3.63) is 72.3 Å². The molecule has 0 radical (unpaired) electrons. The minimum atomic E-state index is -1.92. The van der Waals surface area contributed by atoms with Crippen molar-refractivity contribution in [1.82, 2.24) is 0 Å². The Morgan fingerprint density at radius 3 is 1.97 bits per heavy atom. The molecule has 0 atom stereocenters. The smallest absolute Gasteiger partial charge is 0.347 e. The van der Waals surface area contributed by atoms with Gasteiger partial charge in [-0.3, -0.25) is 0 Å². The van der Waals surface area contributed by atoms with Crippen molar-refractivity contribution in [3.8, 4) is 17.2 Å². The van der Waals surface area contributed by atoms with Crippen molar-refractivity contribution in [3.63, 3.8) is 0 Å². The van der Waals surface area contributed by atoms with Gasteiger partial charge in [0.2, 0.25) is 0 Å². The largest absolute Gasteiger partial charge is 0.508 e. The fraction of sp³-hybridized carbons (Fsp3) is 0. The maximum atomic E-state index is 12.3. The Balaban J connectivity index is 1.47. The van der Waals surface area contributed by atoms with E-state index in [-0.39, 0.29) is 17.1 Å². The Hall–Kier alpha value is -1.47.